The lowest BCUT2D eigenvalue weighted by Crippen LogP contribution is -1.87. The fourth-order valence-corrected chi connectivity index (χ4v) is 2.66. The van der Waals surface area contributed by atoms with Gasteiger partial charge in [0.05, 0.1) is 5.75 Å². The van der Waals surface area contributed by atoms with Gasteiger partial charge in [0.2, 0.25) is 0 Å². The van der Waals surface area contributed by atoms with E-state index < -0.39 is 0 Å². The molecule has 0 amide bonds. The molecule has 2 aromatic rings. The van der Waals surface area contributed by atoms with Gasteiger partial charge in [-0.25, -0.2) is 9.97 Å². The summed E-state index contributed by atoms with van der Waals surface area (Å²) in [6.45, 7) is 0. The number of fused-ring (bicyclic) bond motifs is 1. The Morgan fingerprint density at radius 3 is 3.21 bits per heavy atom. The van der Waals surface area contributed by atoms with Crippen molar-refractivity contribution in [1.29, 1.82) is 0 Å². The summed E-state index contributed by atoms with van der Waals surface area (Å²) in [5.41, 5.74) is 0. The number of terminal acetylenes is 1. The van der Waals surface area contributed by atoms with E-state index in [1.165, 1.54) is 11.8 Å². The standard InChI is InChI=1S/C9H5ClN2S2/c1-2-4-14-9-11-7(10)6-3-5-13-8(6)12-9/h1,3,5H,4H2. The number of hydrogen-bond acceptors (Lipinski definition) is 4. The van der Waals surface area contributed by atoms with Crippen molar-refractivity contribution < 1.29 is 0 Å². The van der Waals surface area contributed by atoms with E-state index in [1.54, 1.807) is 11.3 Å². The Hall–Kier alpha value is -0.760. The summed E-state index contributed by atoms with van der Waals surface area (Å²) in [5, 5.41) is 3.99. The Kier molecular flexibility index (Phi) is 2.92. The van der Waals surface area contributed by atoms with Gasteiger partial charge in [-0.2, -0.15) is 0 Å². The van der Waals surface area contributed by atoms with Gasteiger partial charge in [-0.3, -0.25) is 0 Å². The molecule has 0 aliphatic rings. The van der Waals surface area contributed by atoms with Crippen LogP contribution in [0.2, 0.25) is 5.15 Å². The SMILES string of the molecule is C#CCSc1nc(Cl)c2ccsc2n1. The minimum Gasteiger partial charge on any atom is -0.211 e. The molecule has 2 rings (SSSR count). The second-order valence-electron chi connectivity index (χ2n) is 2.43. The van der Waals surface area contributed by atoms with Crippen LogP contribution in [0.5, 0.6) is 0 Å². The van der Waals surface area contributed by atoms with Crippen molar-refractivity contribution in [3.63, 3.8) is 0 Å². The summed E-state index contributed by atoms with van der Waals surface area (Å²) < 4.78 is 0. The predicted molar refractivity (Wildman–Crippen MR) is 62.0 cm³/mol. The van der Waals surface area contributed by atoms with E-state index in [1.807, 2.05) is 11.4 Å². The molecule has 0 fully saturated rings. The van der Waals surface area contributed by atoms with Crippen molar-refractivity contribution >= 4 is 44.9 Å². The molecule has 0 spiro atoms. The Morgan fingerprint density at radius 1 is 1.57 bits per heavy atom. The molecule has 5 heteroatoms. The van der Waals surface area contributed by atoms with E-state index in [2.05, 4.69) is 15.9 Å². The van der Waals surface area contributed by atoms with E-state index in [0.717, 1.165) is 10.2 Å². The second kappa shape index (κ2) is 4.18. The highest BCUT2D eigenvalue weighted by atomic mass is 35.5. The van der Waals surface area contributed by atoms with E-state index in [4.69, 9.17) is 18.0 Å². The van der Waals surface area contributed by atoms with Crippen LogP contribution in [0, 0.1) is 12.3 Å². The van der Waals surface area contributed by atoms with E-state index in [0.29, 0.717) is 16.1 Å². The number of halogens is 1. The Labute approximate surface area is 94.7 Å². The largest absolute Gasteiger partial charge is 0.211 e. The van der Waals surface area contributed by atoms with Crippen molar-refractivity contribution in [1.82, 2.24) is 9.97 Å². The highest BCUT2D eigenvalue weighted by molar-refractivity contribution is 7.99. The van der Waals surface area contributed by atoms with Crippen molar-refractivity contribution in [2.45, 2.75) is 5.16 Å². The van der Waals surface area contributed by atoms with Crippen LogP contribution in [0.4, 0.5) is 0 Å². The maximum absolute atomic E-state index is 5.97. The summed E-state index contributed by atoms with van der Waals surface area (Å²) in [4.78, 5) is 9.37. The second-order valence-corrected chi connectivity index (χ2v) is 4.62. The van der Waals surface area contributed by atoms with Crippen LogP contribution in [-0.4, -0.2) is 15.7 Å². The number of thiophene rings is 1. The maximum atomic E-state index is 5.97. The summed E-state index contributed by atoms with van der Waals surface area (Å²) >= 11 is 8.94. The number of hydrogen-bond donors (Lipinski definition) is 0. The molecule has 0 aliphatic carbocycles. The molecule has 0 N–H and O–H groups in total. The van der Waals surface area contributed by atoms with E-state index in [9.17, 15) is 0 Å². The molecular formula is C9H5ClN2S2. The zero-order chi connectivity index (χ0) is 9.97. The van der Waals surface area contributed by atoms with Crippen LogP contribution in [0.15, 0.2) is 16.6 Å². The summed E-state index contributed by atoms with van der Waals surface area (Å²) in [6.07, 6.45) is 5.15. The van der Waals surface area contributed by atoms with Crippen LogP contribution < -0.4 is 0 Å². The molecule has 0 saturated carbocycles. The first-order valence-corrected chi connectivity index (χ1v) is 6.02. The molecule has 0 atom stereocenters. The molecule has 0 saturated heterocycles. The van der Waals surface area contributed by atoms with Gasteiger partial charge in [-0.15, -0.1) is 17.8 Å². The van der Waals surface area contributed by atoms with Gasteiger partial charge in [-0.05, 0) is 11.4 Å². The van der Waals surface area contributed by atoms with Crippen molar-refractivity contribution in [3.05, 3.63) is 16.6 Å². The molecule has 2 aromatic heterocycles. The molecule has 0 aliphatic heterocycles. The number of aromatic nitrogens is 2. The summed E-state index contributed by atoms with van der Waals surface area (Å²) in [6, 6.07) is 1.91. The van der Waals surface area contributed by atoms with Gasteiger partial charge in [0.15, 0.2) is 5.16 Å². The zero-order valence-electron chi connectivity index (χ0n) is 7.03. The topological polar surface area (TPSA) is 25.8 Å². The average Bonchev–Trinajstić information content (AvgIpc) is 2.63. The van der Waals surface area contributed by atoms with Crippen molar-refractivity contribution in [2.24, 2.45) is 0 Å². The van der Waals surface area contributed by atoms with Gasteiger partial charge in [-0.1, -0.05) is 29.3 Å². The predicted octanol–water partition coefficient (Wildman–Crippen LogP) is 3.07. The maximum Gasteiger partial charge on any atom is 0.191 e. The normalized spacial score (nSPS) is 10.3. The van der Waals surface area contributed by atoms with Crippen LogP contribution in [0.1, 0.15) is 0 Å². The van der Waals surface area contributed by atoms with Crippen LogP contribution in [0.25, 0.3) is 10.2 Å². The lowest BCUT2D eigenvalue weighted by molar-refractivity contribution is 1.01. The Morgan fingerprint density at radius 2 is 2.43 bits per heavy atom. The first-order valence-electron chi connectivity index (χ1n) is 3.78. The highest BCUT2D eigenvalue weighted by Gasteiger charge is 2.06. The fourth-order valence-electron chi connectivity index (χ4n) is 0.972. The Bertz CT molecular complexity index is 501. The molecular weight excluding hydrogens is 236 g/mol. The van der Waals surface area contributed by atoms with Gasteiger partial charge in [0, 0.05) is 5.39 Å². The van der Waals surface area contributed by atoms with Gasteiger partial charge in [0.25, 0.3) is 0 Å². The third kappa shape index (κ3) is 1.85. The van der Waals surface area contributed by atoms with E-state index in [-0.39, 0.29) is 0 Å². The molecule has 0 bridgehead atoms. The van der Waals surface area contributed by atoms with Crippen LogP contribution in [0.3, 0.4) is 0 Å². The monoisotopic (exact) mass is 240 g/mol. The molecule has 0 aromatic carbocycles. The molecule has 14 heavy (non-hydrogen) atoms. The van der Waals surface area contributed by atoms with Crippen LogP contribution >= 0.6 is 34.7 Å². The lowest BCUT2D eigenvalue weighted by Gasteiger charge is -1.97. The Balaban J connectivity index is 2.44. The number of rotatable bonds is 2. The van der Waals surface area contributed by atoms with Crippen LogP contribution in [-0.2, 0) is 0 Å². The molecule has 0 unspecified atom stereocenters. The smallest absolute Gasteiger partial charge is 0.191 e. The number of thioether (sulfide) groups is 1. The fraction of sp³-hybridized carbons (Fsp3) is 0.111. The lowest BCUT2D eigenvalue weighted by atomic mass is 10.4. The quantitative estimate of drug-likeness (QED) is 0.349. The van der Waals surface area contributed by atoms with Crippen molar-refractivity contribution in [2.75, 3.05) is 5.75 Å². The van der Waals surface area contributed by atoms with Gasteiger partial charge in [0.1, 0.15) is 9.98 Å². The molecule has 70 valence electrons. The van der Waals surface area contributed by atoms with E-state index >= 15 is 0 Å². The van der Waals surface area contributed by atoms with Gasteiger partial charge < -0.3 is 0 Å². The first kappa shape index (κ1) is 9.78. The van der Waals surface area contributed by atoms with Crippen molar-refractivity contribution in [3.8, 4) is 12.3 Å². The highest BCUT2D eigenvalue weighted by Crippen LogP contribution is 2.27. The first-order chi connectivity index (χ1) is 6.81. The third-order valence-corrected chi connectivity index (χ3v) is 3.39. The average molecular weight is 241 g/mol. The van der Waals surface area contributed by atoms with Gasteiger partial charge >= 0.3 is 0 Å². The number of nitrogens with zero attached hydrogens (tertiary/aromatic N) is 2. The molecule has 2 nitrogen and oxygen atoms in total. The summed E-state index contributed by atoms with van der Waals surface area (Å²) in [5.74, 6) is 3.08. The molecule has 2 heterocycles. The minimum absolute atomic E-state index is 0.496. The third-order valence-electron chi connectivity index (χ3n) is 1.54. The minimum atomic E-state index is 0.496. The summed E-state index contributed by atoms with van der Waals surface area (Å²) in [7, 11) is 0. The molecule has 0 radical (unpaired) electrons. The zero-order valence-corrected chi connectivity index (χ0v) is 9.42.